The van der Waals surface area contributed by atoms with Gasteiger partial charge < -0.3 is 19.7 Å². The van der Waals surface area contributed by atoms with Gasteiger partial charge in [-0.1, -0.05) is 5.92 Å². The Bertz CT molecular complexity index is 672. The molecule has 2 rings (SSSR count). The topological polar surface area (TPSA) is 67.9 Å². The largest absolute Gasteiger partial charge is 0.479 e. The number of amides is 2. The molecule has 1 aliphatic rings. The first kappa shape index (κ1) is 18.6. The zero-order valence-electron chi connectivity index (χ0n) is 14.1. The minimum atomic E-state index is -0.490. The van der Waals surface area contributed by atoms with Gasteiger partial charge in [-0.05, 0) is 31.9 Å². The number of likely N-dealkylation sites (tertiary alicyclic amines) is 1. The zero-order chi connectivity index (χ0) is 18.2. The van der Waals surface area contributed by atoms with Gasteiger partial charge >= 0.3 is 6.09 Å². The summed E-state index contributed by atoms with van der Waals surface area (Å²) < 4.78 is 23.6. The molecular formula is C18H21FN2O4. The van der Waals surface area contributed by atoms with E-state index in [-0.39, 0.29) is 37.3 Å². The van der Waals surface area contributed by atoms with Crippen LogP contribution in [0.2, 0.25) is 0 Å². The van der Waals surface area contributed by atoms with Gasteiger partial charge in [0.05, 0.1) is 18.2 Å². The van der Waals surface area contributed by atoms with E-state index in [4.69, 9.17) is 15.9 Å². The average molecular weight is 348 g/mol. The number of anilines is 1. The van der Waals surface area contributed by atoms with Crippen molar-refractivity contribution in [2.45, 2.75) is 19.8 Å². The Morgan fingerprint density at radius 1 is 1.48 bits per heavy atom. The van der Waals surface area contributed by atoms with Crippen LogP contribution in [0.1, 0.15) is 19.8 Å². The van der Waals surface area contributed by atoms with Crippen LogP contribution in [-0.4, -0.2) is 43.2 Å². The van der Waals surface area contributed by atoms with E-state index in [2.05, 4.69) is 11.2 Å². The number of hydrogen-bond acceptors (Lipinski definition) is 4. The third kappa shape index (κ3) is 5.11. The van der Waals surface area contributed by atoms with Crippen LogP contribution in [0.4, 0.5) is 14.9 Å². The fourth-order valence-corrected chi connectivity index (χ4v) is 2.64. The highest BCUT2D eigenvalue weighted by atomic mass is 19.1. The van der Waals surface area contributed by atoms with Crippen LogP contribution in [0, 0.1) is 24.1 Å². The van der Waals surface area contributed by atoms with Crippen LogP contribution >= 0.6 is 0 Å². The first-order valence-corrected chi connectivity index (χ1v) is 8.13. The number of benzene rings is 1. The van der Waals surface area contributed by atoms with Gasteiger partial charge in [-0.15, -0.1) is 6.42 Å². The molecule has 6 nitrogen and oxygen atoms in total. The van der Waals surface area contributed by atoms with E-state index < -0.39 is 11.9 Å². The molecule has 1 aromatic carbocycles. The second kappa shape index (κ2) is 8.92. The predicted octanol–water partition coefficient (Wildman–Crippen LogP) is 2.64. The number of carbonyl (C=O) groups excluding carboxylic acids is 2. The highest BCUT2D eigenvalue weighted by molar-refractivity contribution is 5.94. The van der Waals surface area contributed by atoms with Crippen molar-refractivity contribution in [3.8, 4) is 18.1 Å². The molecular weight excluding hydrogens is 327 g/mol. The fourth-order valence-electron chi connectivity index (χ4n) is 2.64. The van der Waals surface area contributed by atoms with Crippen molar-refractivity contribution in [3.05, 3.63) is 24.0 Å². The molecule has 134 valence electrons. The quantitative estimate of drug-likeness (QED) is 0.831. The average Bonchev–Trinajstić information content (AvgIpc) is 2.62. The molecule has 1 N–H and O–H groups in total. The monoisotopic (exact) mass is 348 g/mol. The Morgan fingerprint density at radius 2 is 2.28 bits per heavy atom. The standard InChI is InChI=1S/C18H21FN2O4/c1-3-10-25-16-11-14(19)7-8-15(16)20-17(22)13-6-5-9-21(12-13)18(23)24-4-2/h1,7-8,11,13H,4-6,9-10,12H2,2H3,(H,20,22)/t13-/m1/s1. The molecule has 0 aromatic heterocycles. The Labute approximate surface area is 146 Å². The smallest absolute Gasteiger partial charge is 0.409 e. The molecule has 1 saturated heterocycles. The van der Waals surface area contributed by atoms with E-state index in [1.54, 1.807) is 6.92 Å². The van der Waals surface area contributed by atoms with E-state index >= 15 is 0 Å². The zero-order valence-corrected chi connectivity index (χ0v) is 14.1. The fraction of sp³-hybridized carbons (Fsp3) is 0.444. The normalized spacial score (nSPS) is 16.7. The SMILES string of the molecule is C#CCOc1cc(F)ccc1NC(=O)[C@@H]1CCCN(C(=O)OCC)C1. The Kier molecular flexibility index (Phi) is 6.63. The number of ether oxygens (including phenoxy) is 2. The lowest BCUT2D eigenvalue weighted by molar-refractivity contribution is -0.121. The van der Waals surface area contributed by atoms with Crippen LogP contribution in [-0.2, 0) is 9.53 Å². The number of piperidine rings is 1. The van der Waals surface area contributed by atoms with Gasteiger partial charge in [-0.2, -0.15) is 0 Å². The first-order valence-electron chi connectivity index (χ1n) is 8.13. The van der Waals surface area contributed by atoms with Crippen molar-refractivity contribution in [1.82, 2.24) is 4.90 Å². The lowest BCUT2D eigenvalue weighted by Gasteiger charge is -2.31. The minimum Gasteiger partial charge on any atom is -0.479 e. The van der Waals surface area contributed by atoms with Crippen molar-refractivity contribution >= 4 is 17.7 Å². The summed E-state index contributed by atoms with van der Waals surface area (Å²) in [6.45, 7) is 2.84. The number of rotatable bonds is 5. The Morgan fingerprint density at radius 3 is 3.00 bits per heavy atom. The van der Waals surface area contributed by atoms with Crippen LogP contribution in [0.15, 0.2) is 18.2 Å². The van der Waals surface area contributed by atoms with Crippen LogP contribution in [0.3, 0.4) is 0 Å². The summed E-state index contributed by atoms with van der Waals surface area (Å²) >= 11 is 0. The van der Waals surface area contributed by atoms with E-state index in [9.17, 15) is 14.0 Å². The minimum absolute atomic E-state index is 0.0353. The molecule has 0 aliphatic carbocycles. The first-order chi connectivity index (χ1) is 12.0. The third-order valence-electron chi connectivity index (χ3n) is 3.83. The molecule has 2 amide bonds. The predicted molar refractivity (Wildman–Crippen MR) is 90.7 cm³/mol. The molecule has 0 saturated carbocycles. The van der Waals surface area contributed by atoms with E-state index in [1.165, 1.54) is 23.1 Å². The van der Waals surface area contributed by atoms with Gasteiger partial charge in [-0.25, -0.2) is 9.18 Å². The van der Waals surface area contributed by atoms with Crippen LogP contribution in [0.5, 0.6) is 5.75 Å². The van der Waals surface area contributed by atoms with Crippen molar-refractivity contribution in [1.29, 1.82) is 0 Å². The molecule has 0 bridgehead atoms. The van der Waals surface area contributed by atoms with Crippen LogP contribution < -0.4 is 10.1 Å². The molecule has 0 unspecified atom stereocenters. The van der Waals surface area contributed by atoms with Gasteiger partial charge in [0, 0.05) is 19.2 Å². The summed E-state index contributed by atoms with van der Waals surface area (Å²) in [5.74, 6) is 1.35. The van der Waals surface area contributed by atoms with Crippen molar-refractivity contribution in [2.75, 3.05) is 31.6 Å². The summed E-state index contributed by atoms with van der Waals surface area (Å²) in [6.07, 6.45) is 6.09. The van der Waals surface area contributed by atoms with Crippen molar-refractivity contribution < 1.29 is 23.5 Å². The molecule has 0 radical (unpaired) electrons. The number of nitrogens with one attached hydrogen (secondary N) is 1. The van der Waals surface area contributed by atoms with Gasteiger partial charge in [0.15, 0.2) is 0 Å². The molecule has 7 heteroatoms. The third-order valence-corrected chi connectivity index (χ3v) is 3.83. The molecule has 25 heavy (non-hydrogen) atoms. The highest BCUT2D eigenvalue weighted by Crippen LogP contribution is 2.27. The summed E-state index contributed by atoms with van der Waals surface area (Å²) in [5.41, 5.74) is 0.343. The maximum Gasteiger partial charge on any atom is 0.409 e. The van der Waals surface area contributed by atoms with E-state index in [1.807, 2.05) is 0 Å². The molecule has 1 fully saturated rings. The van der Waals surface area contributed by atoms with Crippen LogP contribution in [0.25, 0.3) is 0 Å². The van der Waals surface area contributed by atoms with Gasteiger partial charge in [0.25, 0.3) is 0 Å². The summed E-state index contributed by atoms with van der Waals surface area (Å²) in [6, 6.07) is 3.81. The summed E-state index contributed by atoms with van der Waals surface area (Å²) in [4.78, 5) is 25.9. The van der Waals surface area contributed by atoms with Crippen molar-refractivity contribution in [2.24, 2.45) is 5.92 Å². The number of nitrogens with zero attached hydrogens (tertiary/aromatic N) is 1. The van der Waals surface area contributed by atoms with Crippen molar-refractivity contribution in [3.63, 3.8) is 0 Å². The second-order valence-electron chi connectivity index (χ2n) is 5.61. The molecule has 1 aliphatic heterocycles. The lowest BCUT2D eigenvalue weighted by atomic mass is 9.97. The molecule has 1 atom stereocenters. The Hall–Kier alpha value is -2.75. The van der Waals surface area contributed by atoms with Gasteiger partial charge in [0.1, 0.15) is 18.2 Å². The van der Waals surface area contributed by atoms with E-state index in [0.717, 1.165) is 0 Å². The van der Waals surface area contributed by atoms with Gasteiger partial charge in [-0.3, -0.25) is 4.79 Å². The molecule has 1 heterocycles. The molecule has 1 aromatic rings. The number of terminal acetylenes is 1. The number of halogens is 1. The lowest BCUT2D eigenvalue weighted by Crippen LogP contribution is -2.44. The van der Waals surface area contributed by atoms with Gasteiger partial charge in [0.2, 0.25) is 5.91 Å². The maximum absolute atomic E-state index is 13.4. The second-order valence-corrected chi connectivity index (χ2v) is 5.61. The molecule has 0 spiro atoms. The summed E-state index contributed by atoms with van der Waals surface area (Å²) in [5, 5.41) is 2.73. The maximum atomic E-state index is 13.4. The van der Waals surface area contributed by atoms with E-state index in [0.29, 0.717) is 25.1 Å². The summed E-state index contributed by atoms with van der Waals surface area (Å²) in [7, 11) is 0. The Balaban J connectivity index is 2.04. The number of carbonyl (C=O) groups is 2. The number of hydrogen-bond donors (Lipinski definition) is 1. The highest BCUT2D eigenvalue weighted by Gasteiger charge is 2.29.